The molecule has 1 amide bonds. The maximum absolute atomic E-state index is 13.0. The first-order chi connectivity index (χ1) is 14.1. The number of fused-ring (bicyclic) bond motifs is 1. The lowest BCUT2D eigenvalue weighted by molar-refractivity contribution is -0.131. The van der Waals surface area contributed by atoms with E-state index in [0.29, 0.717) is 17.5 Å². The second kappa shape index (κ2) is 8.16. The summed E-state index contributed by atoms with van der Waals surface area (Å²) in [6.45, 7) is 3.26. The quantitative estimate of drug-likeness (QED) is 0.515. The van der Waals surface area contributed by atoms with Crippen LogP contribution < -0.4 is 10.6 Å². The summed E-state index contributed by atoms with van der Waals surface area (Å²) in [4.78, 5) is 14.9. The SMILES string of the molecule is COc1ccc(-c2nnc(S[C@@H](C)C(=O)N3CCc4ccccc4C3)n2N)cc1. The van der Waals surface area contributed by atoms with Crippen LogP contribution in [-0.4, -0.2) is 44.6 Å². The fourth-order valence-corrected chi connectivity index (χ4v) is 4.30. The van der Waals surface area contributed by atoms with E-state index in [0.717, 1.165) is 24.3 Å². The molecule has 3 aromatic rings. The summed E-state index contributed by atoms with van der Waals surface area (Å²) in [6.07, 6.45) is 0.883. The van der Waals surface area contributed by atoms with Gasteiger partial charge in [-0.15, -0.1) is 10.2 Å². The number of nitrogens with zero attached hydrogens (tertiary/aromatic N) is 4. The Balaban J connectivity index is 1.45. The van der Waals surface area contributed by atoms with Crippen LogP contribution in [0.5, 0.6) is 5.75 Å². The van der Waals surface area contributed by atoms with Gasteiger partial charge in [0.1, 0.15) is 5.75 Å². The molecule has 7 nitrogen and oxygen atoms in total. The second-order valence-corrected chi connectivity index (χ2v) is 8.25. The smallest absolute Gasteiger partial charge is 0.236 e. The van der Waals surface area contributed by atoms with Gasteiger partial charge in [-0.3, -0.25) is 4.79 Å². The van der Waals surface area contributed by atoms with Crippen molar-refractivity contribution in [3.63, 3.8) is 0 Å². The summed E-state index contributed by atoms with van der Waals surface area (Å²) in [7, 11) is 1.62. The Morgan fingerprint density at radius 2 is 1.86 bits per heavy atom. The van der Waals surface area contributed by atoms with E-state index < -0.39 is 0 Å². The fraction of sp³-hybridized carbons (Fsp3) is 0.286. The molecule has 4 rings (SSSR count). The van der Waals surface area contributed by atoms with E-state index >= 15 is 0 Å². The highest BCUT2D eigenvalue weighted by molar-refractivity contribution is 8.00. The number of carbonyl (C=O) groups excluding carboxylic acids is 1. The molecule has 0 saturated carbocycles. The van der Waals surface area contributed by atoms with Gasteiger partial charge in [0.05, 0.1) is 12.4 Å². The maximum atomic E-state index is 13.0. The standard InChI is InChI=1S/C21H23N5O2S/c1-14(20(27)25-12-11-15-5-3-4-6-17(15)13-25)29-21-24-23-19(26(21)22)16-7-9-18(28-2)10-8-16/h3-10,14H,11-13,22H2,1-2H3/t14-/m0/s1. The number of nitrogen functional groups attached to an aromatic ring is 1. The van der Waals surface area contributed by atoms with E-state index in [9.17, 15) is 4.79 Å². The molecule has 0 fully saturated rings. The highest BCUT2D eigenvalue weighted by atomic mass is 32.2. The predicted octanol–water partition coefficient (Wildman–Crippen LogP) is 2.73. The van der Waals surface area contributed by atoms with Crippen molar-refractivity contribution in [2.75, 3.05) is 19.5 Å². The van der Waals surface area contributed by atoms with Gasteiger partial charge in [-0.1, -0.05) is 36.0 Å². The van der Waals surface area contributed by atoms with Crippen LogP contribution in [0.3, 0.4) is 0 Å². The van der Waals surface area contributed by atoms with Crippen molar-refractivity contribution in [3.8, 4) is 17.1 Å². The molecule has 0 bridgehead atoms. The molecule has 2 N–H and O–H groups in total. The molecule has 0 unspecified atom stereocenters. The number of ether oxygens (including phenoxy) is 1. The number of methoxy groups -OCH3 is 1. The van der Waals surface area contributed by atoms with Crippen molar-refractivity contribution in [2.24, 2.45) is 0 Å². The molecular formula is C21H23N5O2S. The van der Waals surface area contributed by atoms with Crippen LogP contribution in [-0.2, 0) is 17.8 Å². The average Bonchev–Trinajstić information content (AvgIpc) is 3.12. The zero-order valence-electron chi connectivity index (χ0n) is 16.4. The van der Waals surface area contributed by atoms with Crippen molar-refractivity contribution in [3.05, 3.63) is 59.7 Å². The predicted molar refractivity (Wildman–Crippen MR) is 113 cm³/mol. The van der Waals surface area contributed by atoms with Crippen molar-refractivity contribution in [1.82, 2.24) is 19.8 Å². The van der Waals surface area contributed by atoms with Crippen molar-refractivity contribution in [1.29, 1.82) is 0 Å². The molecule has 1 aliphatic heterocycles. The van der Waals surface area contributed by atoms with Gasteiger partial charge in [-0.05, 0) is 48.7 Å². The zero-order chi connectivity index (χ0) is 20.4. The van der Waals surface area contributed by atoms with Gasteiger partial charge in [0, 0.05) is 18.7 Å². The third kappa shape index (κ3) is 3.93. The van der Waals surface area contributed by atoms with Crippen LogP contribution in [0, 0.1) is 0 Å². The first-order valence-electron chi connectivity index (χ1n) is 9.44. The number of benzene rings is 2. The first-order valence-corrected chi connectivity index (χ1v) is 10.3. The molecule has 0 aliphatic carbocycles. The third-order valence-electron chi connectivity index (χ3n) is 5.09. The van der Waals surface area contributed by atoms with Gasteiger partial charge in [0.2, 0.25) is 11.1 Å². The number of hydrogen-bond acceptors (Lipinski definition) is 6. The highest BCUT2D eigenvalue weighted by Crippen LogP contribution is 2.28. The van der Waals surface area contributed by atoms with Crippen LogP contribution in [0.2, 0.25) is 0 Å². The van der Waals surface area contributed by atoms with Gasteiger partial charge < -0.3 is 15.5 Å². The fourth-order valence-electron chi connectivity index (χ4n) is 3.44. The van der Waals surface area contributed by atoms with Gasteiger partial charge in [-0.2, -0.15) is 0 Å². The van der Waals surface area contributed by atoms with Crippen LogP contribution in [0.15, 0.2) is 53.7 Å². The molecule has 2 aromatic carbocycles. The van der Waals surface area contributed by atoms with E-state index in [1.54, 1.807) is 7.11 Å². The van der Waals surface area contributed by atoms with E-state index in [4.69, 9.17) is 10.6 Å². The number of hydrogen-bond donors (Lipinski definition) is 1. The molecule has 0 saturated heterocycles. The number of rotatable bonds is 5. The average molecular weight is 410 g/mol. The molecule has 1 aliphatic rings. The molecule has 1 aromatic heterocycles. The topological polar surface area (TPSA) is 86.3 Å². The second-order valence-electron chi connectivity index (χ2n) is 6.94. The summed E-state index contributed by atoms with van der Waals surface area (Å²) >= 11 is 1.32. The Bertz CT molecular complexity index is 1020. The Labute approximate surface area is 173 Å². The summed E-state index contributed by atoms with van der Waals surface area (Å²) in [5.41, 5.74) is 3.37. The minimum Gasteiger partial charge on any atom is -0.497 e. The number of thioether (sulfide) groups is 1. The zero-order valence-corrected chi connectivity index (χ0v) is 17.2. The van der Waals surface area contributed by atoms with Gasteiger partial charge >= 0.3 is 0 Å². The number of nitrogens with two attached hydrogens (primary N) is 1. The minimum absolute atomic E-state index is 0.0819. The normalized spacial score (nSPS) is 14.3. The van der Waals surface area contributed by atoms with Crippen LogP contribution in [0.25, 0.3) is 11.4 Å². The largest absolute Gasteiger partial charge is 0.497 e. The Hall–Kier alpha value is -3.00. The van der Waals surface area contributed by atoms with Crippen molar-refractivity contribution >= 4 is 17.7 Å². The third-order valence-corrected chi connectivity index (χ3v) is 6.13. The van der Waals surface area contributed by atoms with E-state index in [2.05, 4.69) is 22.3 Å². The van der Waals surface area contributed by atoms with E-state index in [1.165, 1.54) is 27.6 Å². The minimum atomic E-state index is -0.310. The molecule has 2 heterocycles. The molecule has 29 heavy (non-hydrogen) atoms. The molecule has 0 radical (unpaired) electrons. The first kappa shape index (κ1) is 19.3. The van der Waals surface area contributed by atoms with Gasteiger partial charge in [0.15, 0.2) is 5.82 Å². The van der Waals surface area contributed by atoms with Crippen LogP contribution in [0.4, 0.5) is 0 Å². The number of amides is 1. The summed E-state index contributed by atoms with van der Waals surface area (Å²) < 4.78 is 6.61. The molecule has 0 spiro atoms. The van der Waals surface area contributed by atoms with Crippen LogP contribution >= 0.6 is 11.8 Å². The lowest BCUT2D eigenvalue weighted by atomic mass is 10.00. The highest BCUT2D eigenvalue weighted by Gasteiger charge is 2.27. The number of carbonyl (C=O) groups is 1. The Morgan fingerprint density at radius 1 is 1.14 bits per heavy atom. The number of aromatic nitrogens is 3. The monoisotopic (exact) mass is 409 g/mol. The molecule has 150 valence electrons. The summed E-state index contributed by atoms with van der Waals surface area (Å²) in [5, 5.41) is 8.58. The Morgan fingerprint density at radius 3 is 2.59 bits per heavy atom. The molecule has 8 heteroatoms. The maximum Gasteiger partial charge on any atom is 0.236 e. The Kier molecular flexibility index (Phi) is 5.44. The van der Waals surface area contributed by atoms with Gasteiger partial charge in [0.25, 0.3) is 0 Å². The summed E-state index contributed by atoms with van der Waals surface area (Å²) in [6, 6.07) is 15.7. The van der Waals surface area contributed by atoms with Crippen molar-refractivity contribution < 1.29 is 9.53 Å². The van der Waals surface area contributed by atoms with Crippen LogP contribution in [0.1, 0.15) is 18.1 Å². The van der Waals surface area contributed by atoms with Crippen molar-refractivity contribution in [2.45, 2.75) is 30.3 Å². The van der Waals surface area contributed by atoms with E-state index in [1.807, 2.05) is 48.2 Å². The lowest BCUT2D eigenvalue weighted by Crippen LogP contribution is -2.40. The molecule has 1 atom stereocenters. The van der Waals surface area contributed by atoms with E-state index in [-0.39, 0.29) is 11.2 Å². The lowest BCUT2D eigenvalue weighted by Gasteiger charge is -2.30. The van der Waals surface area contributed by atoms with Gasteiger partial charge in [-0.25, -0.2) is 4.68 Å². The molecular weight excluding hydrogens is 386 g/mol. The summed E-state index contributed by atoms with van der Waals surface area (Å²) in [5.74, 6) is 7.59.